The van der Waals surface area contributed by atoms with Gasteiger partial charge in [0.05, 0.1) is 32.0 Å². The van der Waals surface area contributed by atoms with Gasteiger partial charge in [-0.3, -0.25) is 0 Å². The van der Waals surface area contributed by atoms with Crippen molar-refractivity contribution in [2.24, 2.45) is 0 Å². The van der Waals surface area contributed by atoms with Crippen LogP contribution in [0.3, 0.4) is 0 Å². The summed E-state index contributed by atoms with van der Waals surface area (Å²) in [6, 6.07) is -2.52. The lowest BCUT2D eigenvalue weighted by atomic mass is 10.1. The van der Waals surface area contributed by atoms with Gasteiger partial charge in [0.1, 0.15) is 0 Å². The first kappa shape index (κ1) is 29.7. The zero-order valence-corrected chi connectivity index (χ0v) is 18.5. The van der Waals surface area contributed by atoms with Crippen LogP contribution in [0.5, 0.6) is 0 Å². The molecule has 19 heteroatoms. The van der Waals surface area contributed by atoms with Gasteiger partial charge < -0.3 is 0 Å². The van der Waals surface area contributed by atoms with Gasteiger partial charge in [-0.15, -0.1) is 0 Å². The highest BCUT2D eigenvalue weighted by Gasteiger charge is 2.43. The summed E-state index contributed by atoms with van der Waals surface area (Å²) >= 11 is 0. The van der Waals surface area contributed by atoms with E-state index in [9.17, 15) is 69.5 Å². The number of alkyl halides is 12. The summed E-state index contributed by atoms with van der Waals surface area (Å²) < 4.78 is 206. The summed E-state index contributed by atoms with van der Waals surface area (Å²) in [5.74, 6) is 0. The van der Waals surface area contributed by atoms with Gasteiger partial charge in [-0.25, -0.2) is 16.8 Å². The smallest absolute Gasteiger partial charge is 0.206 e. The number of rotatable bonds is 4. The molecule has 0 radical (unpaired) electrons. The second-order valence-corrected chi connectivity index (χ2v) is 11.0. The zero-order valence-electron chi connectivity index (χ0n) is 16.9. The van der Waals surface area contributed by atoms with E-state index in [1.54, 1.807) is 0 Å². The summed E-state index contributed by atoms with van der Waals surface area (Å²) in [5, 5.41) is 0. The van der Waals surface area contributed by atoms with E-state index in [0.717, 1.165) is 0 Å². The van der Waals surface area contributed by atoms with Crippen molar-refractivity contribution in [2.45, 2.75) is 34.5 Å². The minimum absolute atomic E-state index is 0.00567. The molecule has 202 valence electrons. The first-order chi connectivity index (χ1) is 15.8. The largest absolute Gasteiger partial charge is 0.416 e. The summed E-state index contributed by atoms with van der Waals surface area (Å²) in [7, 11) is -11.8. The Morgan fingerprint density at radius 2 is 0.667 bits per heavy atom. The molecule has 5 nitrogen and oxygen atoms in total. The van der Waals surface area contributed by atoms with E-state index in [1.807, 2.05) is 0 Å². The highest BCUT2D eigenvalue weighted by Crippen LogP contribution is 2.40. The van der Waals surface area contributed by atoms with Crippen LogP contribution in [0.1, 0.15) is 22.3 Å². The molecule has 0 aliphatic carbocycles. The van der Waals surface area contributed by atoms with Crippen molar-refractivity contribution in [3.63, 3.8) is 0 Å². The van der Waals surface area contributed by atoms with Crippen molar-refractivity contribution in [3.8, 4) is 0 Å². The SMILES string of the molecule is CN(S(=O)(=O)c1cc(C(F)(F)F)cc(C(F)(F)F)c1)S(=O)(=O)c1cc(C(F)(F)F)cc(C(F)(F)F)c1. The Hall–Kier alpha value is -2.54. The van der Waals surface area contributed by atoms with Gasteiger partial charge in [0.25, 0.3) is 20.0 Å². The third-order valence-corrected chi connectivity index (χ3v) is 8.59. The predicted octanol–water partition coefficient (Wildman–Crippen LogP) is 5.77. The van der Waals surface area contributed by atoms with E-state index >= 15 is 0 Å². The molecule has 0 bridgehead atoms. The van der Waals surface area contributed by atoms with E-state index in [2.05, 4.69) is 0 Å². The van der Waals surface area contributed by atoms with E-state index in [1.165, 1.54) is 0 Å². The van der Waals surface area contributed by atoms with Crippen molar-refractivity contribution < 1.29 is 69.5 Å². The van der Waals surface area contributed by atoms with Crippen LogP contribution in [0.25, 0.3) is 0 Å². The van der Waals surface area contributed by atoms with Gasteiger partial charge in [-0.1, -0.05) is 3.71 Å². The van der Waals surface area contributed by atoms with Gasteiger partial charge in [-0.2, -0.15) is 52.7 Å². The maximum absolute atomic E-state index is 13.0. The Bertz CT molecular complexity index is 1200. The van der Waals surface area contributed by atoms with Crippen LogP contribution in [0.15, 0.2) is 46.2 Å². The van der Waals surface area contributed by atoms with Crippen molar-refractivity contribution in [1.82, 2.24) is 3.71 Å². The molecule has 0 heterocycles. The van der Waals surface area contributed by atoms with Crippen LogP contribution in [-0.4, -0.2) is 27.6 Å². The first-order valence-corrected chi connectivity index (χ1v) is 11.5. The van der Waals surface area contributed by atoms with Crippen LogP contribution in [-0.2, 0) is 44.8 Å². The summed E-state index contributed by atoms with van der Waals surface area (Å²) in [6.07, 6.45) is -22.3. The lowest BCUT2D eigenvalue weighted by molar-refractivity contribution is -0.145. The Kier molecular flexibility index (Phi) is 7.25. The molecular formula is C17H9F12NO4S2. The molecule has 0 aliphatic heterocycles. The fourth-order valence-corrected chi connectivity index (χ4v) is 5.82. The van der Waals surface area contributed by atoms with Gasteiger partial charge >= 0.3 is 24.7 Å². The number of nitrogens with zero attached hydrogens (tertiary/aromatic N) is 1. The van der Waals surface area contributed by atoms with E-state index in [-0.39, 0.29) is 31.3 Å². The third kappa shape index (κ3) is 6.05. The van der Waals surface area contributed by atoms with Gasteiger partial charge in [0.2, 0.25) is 0 Å². The molecule has 36 heavy (non-hydrogen) atoms. The second kappa shape index (κ2) is 8.79. The molecule has 0 amide bonds. The predicted molar refractivity (Wildman–Crippen MR) is 95.0 cm³/mol. The van der Waals surface area contributed by atoms with Crippen molar-refractivity contribution in [2.75, 3.05) is 7.05 Å². The van der Waals surface area contributed by atoms with E-state index < -0.39 is 92.6 Å². The Morgan fingerprint density at radius 1 is 0.472 bits per heavy atom. The molecule has 0 spiro atoms. The topological polar surface area (TPSA) is 71.5 Å². The lowest BCUT2D eigenvalue weighted by Gasteiger charge is -2.21. The average Bonchev–Trinajstić information content (AvgIpc) is 2.69. The quantitative estimate of drug-likeness (QED) is 0.429. The van der Waals surface area contributed by atoms with Gasteiger partial charge in [0, 0.05) is 7.05 Å². The highest BCUT2D eigenvalue weighted by molar-refractivity contribution is 8.04. The van der Waals surface area contributed by atoms with E-state index in [4.69, 9.17) is 0 Å². The van der Waals surface area contributed by atoms with Crippen molar-refractivity contribution in [1.29, 1.82) is 0 Å². The van der Waals surface area contributed by atoms with Crippen molar-refractivity contribution >= 4 is 20.0 Å². The fraction of sp³-hybridized carbons (Fsp3) is 0.294. The summed E-state index contributed by atoms with van der Waals surface area (Å²) in [5.41, 5.74) is -8.72. The minimum atomic E-state index is -5.92. The number of sulfonamides is 2. The molecule has 0 aliphatic rings. The maximum atomic E-state index is 13.0. The summed E-state index contributed by atoms with van der Waals surface area (Å²) in [6.45, 7) is 0. The first-order valence-electron chi connectivity index (χ1n) is 8.62. The molecule has 2 aromatic carbocycles. The lowest BCUT2D eigenvalue weighted by Crippen LogP contribution is -2.34. The van der Waals surface area contributed by atoms with E-state index in [0.29, 0.717) is 0 Å². The molecule has 0 saturated heterocycles. The Balaban J connectivity index is 2.79. The number of hydrogen-bond donors (Lipinski definition) is 0. The minimum Gasteiger partial charge on any atom is -0.206 e. The van der Waals surface area contributed by atoms with Gasteiger partial charge in [0.15, 0.2) is 0 Å². The summed E-state index contributed by atoms with van der Waals surface area (Å²) in [4.78, 5) is -3.81. The van der Waals surface area contributed by atoms with Crippen LogP contribution in [0.4, 0.5) is 52.7 Å². The maximum Gasteiger partial charge on any atom is 0.416 e. The van der Waals surface area contributed by atoms with Gasteiger partial charge in [-0.05, 0) is 36.4 Å². The standard InChI is InChI=1S/C17H9F12NO4S2/c1-30(35(31,32)12-4-8(14(18,19)20)2-9(5-12)15(21,22)23)36(33,34)13-6-10(16(24,25)26)3-11(7-13)17(27,28)29/h2-7H,1H3. The van der Waals surface area contributed by atoms with Crippen LogP contribution >= 0.6 is 0 Å². The molecule has 2 aromatic rings. The normalized spacial score (nSPS) is 14.4. The van der Waals surface area contributed by atoms with Crippen LogP contribution in [0, 0.1) is 0 Å². The molecule has 0 N–H and O–H groups in total. The number of hydrogen-bond acceptors (Lipinski definition) is 4. The molecule has 0 atom stereocenters. The molecule has 0 fully saturated rings. The van der Waals surface area contributed by atoms with Crippen LogP contribution < -0.4 is 0 Å². The highest BCUT2D eigenvalue weighted by atomic mass is 32.3. The average molecular weight is 583 g/mol. The fourth-order valence-electron chi connectivity index (χ4n) is 2.58. The van der Waals surface area contributed by atoms with Crippen molar-refractivity contribution in [3.05, 3.63) is 58.7 Å². The molecule has 2 rings (SSSR count). The second-order valence-electron chi connectivity index (χ2n) is 6.87. The molecular weight excluding hydrogens is 574 g/mol. The Morgan fingerprint density at radius 3 is 0.833 bits per heavy atom. The molecule has 0 saturated carbocycles. The van der Waals surface area contributed by atoms with Crippen LogP contribution in [0.2, 0.25) is 0 Å². The zero-order chi connectivity index (χ0) is 28.3. The third-order valence-electron chi connectivity index (χ3n) is 4.40. The number of halogens is 12. The number of benzene rings is 2. The molecule has 0 aromatic heterocycles. The Labute approximate surface area is 194 Å². The monoisotopic (exact) mass is 583 g/mol. The molecule has 0 unspecified atom stereocenters.